The van der Waals surface area contributed by atoms with E-state index in [4.69, 9.17) is 4.74 Å². The SMILES string of the molecule is CCOc1ccc(C(=O)[O-])cc1C=C1C(=O)NC(=O)NC1=O. The number of amides is 4. The summed E-state index contributed by atoms with van der Waals surface area (Å²) >= 11 is 0. The van der Waals surface area contributed by atoms with Crippen molar-refractivity contribution in [2.24, 2.45) is 0 Å². The van der Waals surface area contributed by atoms with Gasteiger partial charge in [0.1, 0.15) is 11.3 Å². The minimum Gasteiger partial charge on any atom is -0.545 e. The van der Waals surface area contributed by atoms with Crippen LogP contribution < -0.4 is 20.5 Å². The molecule has 1 aliphatic rings. The zero-order valence-corrected chi connectivity index (χ0v) is 11.5. The topological polar surface area (TPSA) is 125 Å². The van der Waals surface area contributed by atoms with Crippen molar-refractivity contribution >= 4 is 29.9 Å². The van der Waals surface area contributed by atoms with Gasteiger partial charge in [-0.2, -0.15) is 0 Å². The van der Waals surface area contributed by atoms with E-state index in [0.29, 0.717) is 6.61 Å². The van der Waals surface area contributed by atoms with Crippen LogP contribution in [0.15, 0.2) is 23.8 Å². The number of ether oxygens (including phenoxy) is 1. The summed E-state index contributed by atoms with van der Waals surface area (Å²) < 4.78 is 5.32. The number of carbonyl (C=O) groups is 4. The van der Waals surface area contributed by atoms with Crippen LogP contribution in [0.2, 0.25) is 0 Å². The van der Waals surface area contributed by atoms with Crippen LogP contribution in [-0.4, -0.2) is 30.4 Å². The van der Waals surface area contributed by atoms with Crippen molar-refractivity contribution in [3.05, 3.63) is 34.9 Å². The van der Waals surface area contributed by atoms with E-state index in [1.54, 1.807) is 6.92 Å². The molecule has 0 spiro atoms. The lowest BCUT2D eigenvalue weighted by atomic mass is 10.0. The van der Waals surface area contributed by atoms with E-state index < -0.39 is 23.8 Å². The Balaban J connectivity index is 2.49. The predicted molar refractivity (Wildman–Crippen MR) is 71.6 cm³/mol. The first-order chi connectivity index (χ1) is 10.4. The van der Waals surface area contributed by atoms with Crippen molar-refractivity contribution < 1.29 is 29.0 Å². The van der Waals surface area contributed by atoms with Gasteiger partial charge in [0.25, 0.3) is 11.8 Å². The molecule has 1 aromatic carbocycles. The fraction of sp³-hybridized carbons (Fsp3) is 0.143. The Morgan fingerprint density at radius 1 is 1.23 bits per heavy atom. The zero-order valence-electron chi connectivity index (χ0n) is 11.5. The number of hydrogen-bond donors (Lipinski definition) is 2. The van der Waals surface area contributed by atoms with E-state index in [9.17, 15) is 24.3 Å². The summed E-state index contributed by atoms with van der Waals surface area (Å²) in [6, 6.07) is 2.97. The van der Waals surface area contributed by atoms with Gasteiger partial charge in [0.15, 0.2) is 0 Å². The minimum atomic E-state index is -1.41. The maximum absolute atomic E-state index is 11.7. The van der Waals surface area contributed by atoms with E-state index in [-0.39, 0.29) is 22.4 Å². The fourth-order valence-corrected chi connectivity index (χ4v) is 1.84. The standard InChI is InChI=1S/C14H12N2O6/c1-2-22-10-4-3-7(13(19)20)5-8(10)6-9-11(17)15-14(21)16-12(9)18/h3-6H,2H2,1H3,(H,19,20)(H2,15,16,17,18,21)/p-1. The van der Waals surface area contributed by atoms with E-state index >= 15 is 0 Å². The van der Waals surface area contributed by atoms with Crippen molar-refractivity contribution in [2.45, 2.75) is 6.92 Å². The van der Waals surface area contributed by atoms with Crippen molar-refractivity contribution in [3.63, 3.8) is 0 Å². The lowest BCUT2D eigenvalue weighted by Gasteiger charge is -2.15. The van der Waals surface area contributed by atoms with Gasteiger partial charge < -0.3 is 14.6 Å². The van der Waals surface area contributed by atoms with Gasteiger partial charge in [-0.05, 0) is 36.8 Å². The molecule has 114 valence electrons. The molecule has 22 heavy (non-hydrogen) atoms. The summed E-state index contributed by atoms with van der Waals surface area (Å²) in [5.41, 5.74) is -0.266. The molecule has 1 saturated heterocycles. The van der Waals surface area contributed by atoms with Crippen molar-refractivity contribution in [2.75, 3.05) is 6.61 Å². The third-order valence-electron chi connectivity index (χ3n) is 2.79. The number of barbiturate groups is 1. The summed E-state index contributed by atoms with van der Waals surface area (Å²) in [6.45, 7) is 2.03. The fourth-order valence-electron chi connectivity index (χ4n) is 1.84. The second-order valence-electron chi connectivity index (χ2n) is 4.27. The monoisotopic (exact) mass is 303 g/mol. The highest BCUT2D eigenvalue weighted by molar-refractivity contribution is 6.31. The molecule has 0 aromatic heterocycles. The maximum Gasteiger partial charge on any atom is 0.328 e. The van der Waals surface area contributed by atoms with E-state index in [0.717, 1.165) is 6.08 Å². The first-order valence-electron chi connectivity index (χ1n) is 6.29. The molecule has 1 heterocycles. The molecule has 0 radical (unpaired) electrons. The molecule has 0 bridgehead atoms. The molecule has 0 atom stereocenters. The van der Waals surface area contributed by atoms with Crippen LogP contribution in [0.5, 0.6) is 5.75 Å². The third kappa shape index (κ3) is 3.11. The second-order valence-corrected chi connectivity index (χ2v) is 4.27. The van der Waals surface area contributed by atoms with Crippen LogP contribution in [-0.2, 0) is 9.59 Å². The van der Waals surface area contributed by atoms with Crippen LogP contribution >= 0.6 is 0 Å². The minimum absolute atomic E-state index is 0.136. The zero-order chi connectivity index (χ0) is 16.3. The molecule has 2 N–H and O–H groups in total. The van der Waals surface area contributed by atoms with Gasteiger partial charge in [0, 0.05) is 5.56 Å². The number of hydrogen-bond acceptors (Lipinski definition) is 6. The quantitative estimate of drug-likeness (QED) is 0.554. The Morgan fingerprint density at radius 2 is 1.86 bits per heavy atom. The molecule has 0 aliphatic carbocycles. The summed E-state index contributed by atoms with van der Waals surface area (Å²) in [5, 5.41) is 14.8. The number of carboxylic acid groups (broad SMARTS) is 1. The van der Waals surface area contributed by atoms with E-state index in [1.165, 1.54) is 18.2 Å². The normalized spacial score (nSPS) is 14.2. The predicted octanol–water partition coefficient (Wildman–Crippen LogP) is -0.802. The smallest absolute Gasteiger partial charge is 0.328 e. The molecule has 2 rings (SSSR count). The highest BCUT2D eigenvalue weighted by Crippen LogP contribution is 2.23. The van der Waals surface area contributed by atoms with E-state index in [2.05, 4.69) is 0 Å². The summed E-state index contributed by atoms with van der Waals surface area (Å²) in [4.78, 5) is 45.3. The number of rotatable bonds is 4. The summed E-state index contributed by atoms with van der Waals surface area (Å²) in [5.74, 6) is -2.88. The number of imide groups is 2. The Kier molecular flexibility index (Phi) is 4.21. The Hall–Kier alpha value is -3.16. The molecule has 8 nitrogen and oxygen atoms in total. The maximum atomic E-state index is 11.7. The van der Waals surface area contributed by atoms with Crippen LogP contribution in [0.1, 0.15) is 22.8 Å². The number of aromatic carboxylic acids is 1. The van der Waals surface area contributed by atoms with Crippen LogP contribution in [0.3, 0.4) is 0 Å². The summed E-state index contributed by atoms with van der Waals surface area (Å²) in [6.07, 6.45) is 1.15. The average molecular weight is 303 g/mol. The van der Waals surface area contributed by atoms with Gasteiger partial charge in [0.2, 0.25) is 0 Å². The van der Waals surface area contributed by atoms with Gasteiger partial charge in [-0.3, -0.25) is 20.2 Å². The average Bonchev–Trinajstić information content (AvgIpc) is 2.44. The molecular weight excluding hydrogens is 292 g/mol. The molecular formula is C14H11N2O6-. The molecule has 0 unspecified atom stereocenters. The molecule has 4 amide bonds. The highest BCUT2D eigenvalue weighted by Gasteiger charge is 2.28. The number of carboxylic acids is 1. The first-order valence-corrected chi connectivity index (χ1v) is 6.29. The van der Waals surface area contributed by atoms with Crippen molar-refractivity contribution in [3.8, 4) is 5.75 Å². The largest absolute Gasteiger partial charge is 0.545 e. The number of nitrogens with one attached hydrogen (secondary N) is 2. The van der Waals surface area contributed by atoms with Gasteiger partial charge in [-0.25, -0.2) is 4.79 Å². The lowest BCUT2D eigenvalue weighted by Crippen LogP contribution is -2.51. The van der Waals surface area contributed by atoms with Gasteiger partial charge >= 0.3 is 6.03 Å². The number of urea groups is 1. The molecule has 1 aromatic rings. The Bertz CT molecular complexity index is 685. The Labute approximate surface area is 124 Å². The number of benzene rings is 1. The van der Waals surface area contributed by atoms with Crippen molar-refractivity contribution in [1.82, 2.24) is 10.6 Å². The van der Waals surface area contributed by atoms with Crippen LogP contribution in [0, 0.1) is 0 Å². The third-order valence-corrected chi connectivity index (χ3v) is 2.79. The number of carbonyl (C=O) groups excluding carboxylic acids is 4. The van der Waals surface area contributed by atoms with Crippen LogP contribution in [0.4, 0.5) is 4.79 Å². The lowest BCUT2D eigenvalue weighted by molar-refractivity contribution is -0.255. The van der Waals surface area contributed by atoms with Gasteiger partial charge in [0.05, 0.1) is 12.6 Å². The van der Waals surface area contributed by atoms with E-state index in [1.807, 2.05) is 10.6 Å². The van der Waals surface area contributed by atoms with Gasteiger partial charge in [-0.15, -0.1) is 0 Å². The molecule has 8 heteroatoms. The molecule has 0 saturated carbocycles. The Morgan fingerprint density at radius 3 is 2.41 bits per heavy atom. The molecule has 1 fully saturated rings. The second kappa shape index (κ2) is 6.08. The molecule has 1 aliphatic heterocycles. The van der Waals surface area contributed by atoms with Crippen molar-refractivity contribution in [1.29, 1.82) is 0 Å². The highest BCUT2D eigenvalue weighted by atomic mass is 16.5. The van der Waals surface area contributed by atoms with Gasteiger partial charge in [-0.1, -0.05) is 0 Å². The summed E-state index contributed by atoms with van der Waals surface area (Å²) in [7, 11) is 0. The van der Waals surface area contributed by atoms with Crippen LogP contribution in [0.25, 0.3) is 6.08 Å². The first kappa shape index (κ1) is 15.2.